The van der Waals surface area contributed by atoms with Crippen molar-refractivity contribution in [2.45, 2.75) is 6.54 Å². The Hall–Kier alpha value is -2.67. The van der Waals surface area contributed by atoms with E-state index < -0.39 is 0 Å². The lowest BCUT2D eigenvalue weighted by Crippen LogP contribution is -2.02. The summed E-state index contributed by atoms with van der Waals surface area (Å²) in [5.41, 5.74) is 2.56. The molecule has 0 aromatic heterocycles. The van der Waals surface area contributed by atoms with Crippen LogP contribution < -0.4 is 14.8 Å². The molecule has 0 unspecified atom stereocenters. The van der Waals surface area contributed by atoms with Crippen molar-refractivity contribution in [3.8, 4) is 17.6 Å². The van der Waals surface area contributed by atoms with Crippen molar-refractivity contribution in [3.05, 3.63) is 53.6 Å². The van der Waals surface area contributed by atoms with Gasteiger partial charge in [0, 0.05) is 23.9 Å². The van der Waals surface area contributed by atoms with E-state index in [4.69, 9.17) is 14.7 Å². The zero-order chi connectivity index (χ0) is 14.4. The van der Waals surface area contributed by atoms with Crippen molar-refractivity contribution < 1.29 is 9.47 Å². The van der Waals surface area contributed by atoms with Crippen LogP contribution in [0, 0.1) is 11.3 Å². The van der Waals surface area contributed by atoms with Gasteiger partial charge >= 0.3 is 0 Å². The first kappa shape index (κ1) is 13.8. The van der Waals surface area contributed by atoms with Gasteiger partial charge in [0.1, 0.15) is 11.5 Å². The van der Waals surface area contributed by atoms with Gasteiger partial charge in [-0.2, -0.15) is 5.26 Å². The zero-order valence-corrected chi connectivity index (χ0v) is 11.5. The van der Waals surface area contributed by atoms with Crippen molar-refractivity contribution in [1.82, 2.24) is 0 Å². The Morgan fingerprint density at radius 3 is 2.65 bits per heavy atom. The number of methoxy groups -OCH3 is 2. The fourth-order valence-corrected chi connectivity index (χ4v) is 1.89. The van der Waals surface area contributed by atoms with Gasteiger partial charge in [-0.05, 0) is 30.3 Å². The molecule has 102 valence electrons. The lowest BCUT2D eigenvalue weighted by atomic mass is 10.1. The Labute approximate surface area is 118 Å². The second kappa shape index (κ2) is 6.48. The van der Waals surface area contributed by atoms with E-state index >= 15 is 0 Å². The molecule has 0 aliphatic heterocycles. The highest BCUT2D eigenvalue weighted by atomic mass is 16.5. The van der Waals surface area contributed by atoms with E-state index in [0.29, 0.717) is 12.1 Å². The molecule has 1 N–H and O–H groups in total. The Balaban J connectivity index is 2.12. The standard InChI is InChI=1S/C16H16N2O2/c1-19-15-7-6-13(16(9-15)20-2)11-18-14-5-3-4-12(8-14)10-17/h3-9,18H,11H2,1-2H3. The summed E-state index contributed by atoms with van der Waals surface area (Å²) < 4.78 is 10.5. The first-order valence-corrected chi connectivity index (χ1v) is 6.21. The summed E-state index contributed by atoms with van der Waals surface area (Å²) in [6, 6.07) is 15.2. The molecule has 2 aromatic rings. The van der Waals surface area contributed by atoms with Crippen molar-refractivity contribution in [2.24, 2.45) is 0 Å². The number of nitriles is 1. The van der Waals surface area contributed by atoms with Gasteiger partial charge in [-0.15, -0.1) is 0 Å². The minimum absolute atomic E-state index is 0.613. The normalized spacial score (nSPS) is 9.65. The minimum Gasteiger partial charge on any atom is -0.497 e. The fourth-order valence-electron chi connectivity index (χ4n) is 1.89. The number of nitrogens with zero attached hydrogens (tertiary/aromatic N) is 1. The largest absolute Gasteiger partial charge is 0.497 e. The van der Waals surface area contributed by atoms with Crippen LogP contribution in [0.4, 0.5) is 5.69 Å². The van der Waals surface area contributed by atoms with Crippen LogP contribution in [-0.4, -0.2) is 14.2 Å². The van der Waals surface area contributed by atoms with Crippen LogP contribution in [0.25, 0.3) is 0 Å². The summed E-state index contributed by atoms with van der Waals surface area (Å²) >= 11 is 0. The molecule has 2 aromatic carbocycles. The molecule has 0 aliphatic rings. The van der Waals surface area contributed by atoms with Gasteiger partial charge in [0.15, 0.2) is 0 Å². The molecule has 0 spiro atoms. The Bertz CT molecular complexity index is 633. The zero-order valence-electron chi connectivity index (χ0n) is 11.5. The molecule has 0 saturated heterocycles. The second-order valence-electron chi connectivity index (χ2n) is 4.22. The summed E-state index contributed by atoms with van der Waals surface area (Å²) in [6.07, 6.45) is 0. The minimum atomic E-state index is 0.613. The van der Waals surface area contributed by atoms with E-state index in [-0.39, 0.29) is 0 Å². The van der Waals surface area contributed by atoms with Crippen LogP contribution >= 0.6 is 0 Å². The van der Waals surface area contributed by atoms with Gasteiger partial charge in [-0.25, -0.2) is 0 Å². The lowest BCUT2D eigenvalue weighted by Gasteiger charge is -2.12. The average Bonchev–Trinajstić information content (AvgIpc) is 2.52. The number of hydrogen-bond acceptors (Lipinski definition) is 4. The first-order valence-electron chi connectivity index (χ1n) is 6.21. The highest BCUT2D eigenvalue weighted by Crippen LogP contribution is 2.25. The maximum atomic E-state index is 8.88. The third kappa shape index (κ3) is 3.21. The molecule has 4 nitrogen and oxygen atoms in total. The maximum Gasteiger partial charge on any atom is 0.127 e. The number of nitrogens with one attached hydrogen (secondary N) is 1. The average molecular weight is 268 g/mol. The number of rotatable bonds is 5. The molecule has 0 heterocycles. The van der Waals surface area contributed by atoms with Gasteiger partial charge in [-0.1, -0.05) is 6.07 Å². The molecular weight excluding hydrogens is 252 g/mol. The summed E-state index contributed by atoms with van der Waals surface area (Å²) in [7, 11) is 3.26. The Kier molecular flexibility index (Phi) is 4.46. The maximum absolute atomic E-state index is 8.88. The Morgan fingerprint density at radius 1 is 1.10 bits per heavy atom. The molecule has 0 bridgehead atoms. The van der Waals surface area contributed by atoms with Crippen molar-refractivity contribution in [2.75, 3.05) is 19.5 Å². The third-order valence-corrected chi connectivity index (χ3v) is 2.97. The van der Waals surface area contributed by atoms with Crippen molar-refractivity contribution in [3.63, 3.8) is 0 Å². The third-order valence-electron chi connectivity index (χ3n) is 2.97. The highest BCUT2D eigenvalue weighted by molar-refractivity contribution is 5.50. The molecule has 0 amide bonds. The molecule has 0 radical (unpaired) electrons. The monoisotopic (exact) mass is 268 g/mol. The van der Waals surface area contributed by atoms with Crippen LogP contribution in [0.2, 0.25) is 0 Å². The second-order valence-corrected chi connectivity index (χ2v) is 4.22. The number of anilines is 1. The number of hydrogen-bond donors (Lipinski definition) is 1. The molecular formula is C16H16N2O2. The summed E-state index contributed by atoms with van der Waals surface area (Å²) in [5, 5.41) is 12.2. The molecule has 20 heavy (non-hydrogen) atoms. The van der Waals surface area contributed by atoms with Crippen LogP contribution in [0.3, 0.4) is 0 Å². The van der Waals surface area contributed by atoms with E-state index in [9.17, 15) is 0 Å². The number of ether oxygens (including phenoxy) is 2. The van der Waals surface area contributed by atoms with E-state index in [1.165, 1.54) is 0 Å². The highest BCUT2D eigenvalue weighted by Gasteiger charge is 2.05. The quantitative estimate of drug-likeness (QED) is 0.904. The van der Waals surface area contributed by atoms with E-state index in [2.05, 4.69) is 11.4 Å². The molecule has 0 atom stereocenters. The smallest absolute Gasteiger partial charge is 0.127 e. The van der Waals surface area contributed by atoms with Crippen LogP contribution in [0.1, 0.15) is 11.1 Å². The van der Waals surface area contributed by atoms with E-state index in [0.717, 1.165) is 22.7 Å². The van der Waals surface area contributed by atoms with Crippen molar-refractivity contribution in [1.29, 1.82) is 5.26 Å². The van der Waals surface area contributed by atoms with Crippen LogP contribution in [-0.2, 0) is 6.54 Å². The summed E-state index contributed by atoms with van der Waals surface area (Å²) in [5.74, 6) is 1.53. The van der Waals surface area contributed by atoms with E-state index in [1.807, 2.05) is 36.4 Å². The Morgan fingerprint density at radius 2 is 1.95 bits per heavy atom. The lowest BCUT2D eigenvalue weighted by molar-refractivity contribution is 0.391. The topological polar surface area (TPSA) is 54.3 Å². The van der Waals surface area contributed by atoms with Gasteiger partial charge in [0.2, 0.25) is 0 Å². The van der Waals surface area contributed by atoms with Crippen LogP contribution in [0.15, 0.2) is 42.5 Å². The van der Waals surface area contributed by atoms with Crippen molar-refractivity contribution >= 4 is 5.69 Å². The van der Waals surface area contributed by atoms with E-state index in [1.54, 1.807) is 20.3 Å². The molecule has 4 heteroatoms. The fraction of sp³-hybridized carbons (Fsp3) is 0.188. The predicted octanol–water partition coefficient (Wildman–Crippen LogP) is 3.19. The SMILES string of the molecule is COc1ccc(CNc2cccc(C#N)c2)c(OC)c1. The summed E-state index contributed by atoms with van der Waals surface area (Å²) in [6.45, 7) is 0.613. The van der Waals surface area contributed by atoms with Gasteiger partial charge in [-0.3, -0.25) is 0 Å². The van der Waals surface area contributed by atoms with Gasteiger partial charge in [0.05, 0.1) is 25.9 Å². The molecule has 0 aliphatic carbocycles. The number of benzene rings is 2. The summed E-state index contributed by atoms with van der Waals surface area (Å²) in [4.78, 5) is 0. The molecule has 0 fully saturated rings. The molecule has 2 rings (SSSR count). The van der Waals surface area contributed by atoms with Crippen LogP contribution in [0.5, 0.6) is 11.5 Å². The predicted molar refractivity (Wildman–Crippen MR) is 78.0 cm³/mol. The van der Waals surface area contributed by atoms with Gasteiger partial charge < -0.3 is 14.8 Å². The molecule has 0 saturated carbocycles. The van der Waals surface area contributed by atoms with Gasteiger partial charge in [0.25, 0.3) is 0 Å². The first-order chi connectivity index (χ1) is 9.76.